The predicted octanol–water partition coefficient (Wildman–Crippen LogP) is 2.26. The molecule has 2 N–H and O–H groups in total. The van der Waals surface area contributed by atoms with Gasteiger partial charge in [-0.25, -0.2) is 4.39 Å². The van der Waals surface area contributed by atoms with Gasteiger partial charge in [0, 0.05) is 11.6 Å². The molecule has 106 valence electrons. The van der Waals surface area contributed by atoms with Gasteiger partial charge in [0.15, 0.2) is 0 Å². The van der Waals surface area contributed by atoms with Gasteiger partial charge in [-0.3, -0.25) is 4.79 Å². The number of rotatable bonds is 5. The molecule has 0 saturated heterocycles. The van der Waals surface area contributed by atoms with Crippen molar-refractivity contribution < 1.29 is 9.18 Å². The fourth-order valence-electron chi connectivity index (χ4n) is 1.82. The minimum absolute atomic E-state index is 0.0291. The van der Waals surface area contributed by atoms with Crippen LogP contribution >= 0.6 is 0 Å². The maximum atomic E-state index is 13.0. The molecule has 3 nitrogen and oxygen atoms in total. The molecular formula is C15H23FN2O. The van der Waals surface area contributed by atoms with Crippen LogP contribution in [0.2, 0.25) is 0 Å². The molecule has 0 aliphatic rings. The highest BCUT2D eigenvalue weighted by Crippen LogP contribution is 2.06. The van der Waals surface area contributed by atoms with Crippen molar-refractivity contribution in [1.29, 1.82) is 0 Å². The maximum Gasteiger partial charge on any atom is 0.234 e. The molecule has 0 bridgehead atoms. The number of halogens is 1. The zero-order valence-corrected chi connectivity index (χ0v) is 12.1. The van der Waals surface area contributed by atoms with Crippen molar-refractivity contribution in [2.45, 2.75) is 45.7 Å². The van der Waals surface area contributed by atoms with Crippen molar-refractivity contribution in [3.05, 3.63) is 35.6 Å². The average molecular weight is 266 g/mol. The van der Waals surface area contributed by atoms with Crippen LogP contribution < -0.4 is 10.6 Å². The van der Waals surface area contributed by atoms with E-state index in [1.165, 1.54) is 12.1 Å². The molecule has 0 spiro atoms. The predicted molar refractivity (Wildman–Crippen MR) is 75.5 cm³/mol. The summed E-state index contributed by atoms with van der Waals surface area (Å²) in [5.74, 6) is -0.256. The SMILES string of the molecule is CC(Cc1cccc(F)c1)NCC(=O)NC(C)(C)C. The molecule has 1 unspecified atom stereocenters. The Labute approximate surface area is 114 Å². The highest BCUT2D eigenvalue weighted by Gasteiger charge is 2.14. The van der Waals surface area contributed by atoms with E-state index in [9.17, 15) is 9.18 Å². The van der Waals surface area contributed by atoms with Crippen LogP contribution in [0.15, 0.2) is 24.3 Å². The molecule has 4 heteroatoms. The number of amides is 1. The highest BCUT2D eigenvalue weighted by atomic mass is 19.1. The Bertz CT molecular complexity index is 426. The summed E-state index contributed by atoms with van der Waals surface area (Å²) in [6.07, 6.45) is 0.695. The summed E-state index contributed by atoms with van der Waals surface area (Å²) in [6, 6.07) is 6.65. The Morgan fingerprint density at radius 3 is 2.63 bits per heavy atom. The van der Waals surface area contributed by atoms with Gasteiger partial charge >= 0.3 is 0 Å². The van der Waals surface area contributed by atoms with Crippen LogP contribution in [-0.4, -0.2) is 24.0 Å². The summed E-state index contributed by atoms with van der Waals surface area (Å²) in [5, 5.41) is 6.02. The van der Waals surface area contributed by atoms with E-state index in [2.05, 4.69) is 10.6 Å². The third-order valence-corrected chi connectivity index (χ3v) is 2.56. The van der Waals surface area contributed by atoms with E-state index in [0.717, 1.165) is 5.56 Å². The number of carbonyl (C=O) groups excluding carboxylic acids is 1. The van der Waals surface area contributed by atoms with Gasteiger partial charge < -0.3 is 10.6 Å². The van der Waals surface area contributed by atoms with Crippen LogP contribution in [0.3, 0.4) is 0 Å². The van der Waals surface area contributed by atoms with Gasteiger partial charge in [-0.15, -0.1) is 0 Å². The van der Waals surface area contributed by atoms with E-state index >= 15 is 0 Å². The van der Waals surface area contributed by atoms with Crippen molar-refractivity contribution in [2.24, 2.45) is 0 Å². The topological polar surface area (TPSA) is 41.1 Å². The lowest BCUT2D eigenvalue weighted by atomic mass is 10.1. The molecule has 0 saturated carbocycles. The molecule has 1 rings (SSSR count). The lowest BCUT2D eigenvalue weighted by molar-refractivity contribution is -0.121. The van der Waals surface area contributed by atoms with Crippen LogP contribution in [0.25, 0.3) is 0 Å². The first-order valence-corrected chi connectivity index (χ1v) is 6.55. The van der Waals surface area contributed by atoms with Gasteiger partial charge in [0.05, 0.1) is 6.54 Å². The molecule has 0 fully saturated rings. The van der Waals surface area contributed by atoms with E-state index in [4.69, 9.17) is 0 Å². The van der Waals surface area contributed by atoms with E-state index in [1.54, 1.807) is 6.07 Å². The first-order chi connectivity index (χ1) is 8.76. The second kappa shape index (κ2) is 6.66. The molecule has 1 amide bonds. The smallest absolute Gasteiger partial charge is 0.234 e. The first-order valence-electron chi connectivity index (χ1n) is 6.55. The molecular weight excluding hydrogens is 243 g/mol. The summed E-state index contributed by atoms with van der Waals surface area (Å²) < 4.78 is 13.0. The lowest BCUT2D eigenvalue weighted by Crippen LogP contribution is -2.46. The van der Waals surface area contributed by atoms with Crippen LogP contribution in [0, 0.1) is 5.82 Å². The number of carbonyl (C=O) groups is 1. The Balaban J connectivity index is 2.36. The number of hydrogen-bond acceptors (Lipinski definition) is 2. The van der Waals surface area contributed by atoms with Gasteiger partial charge in [-0.05, 0) is 51.8 Å². The van der Waals surface area contributed by atoms with Gasteiger partial charge in [-0.1, -0.05) is 12.1 Å². The summed E-state index contributed by atoms with van der Waals surface area (Å²) in [7, 11) is 0. The summed E-state index contributed by atoms with van der Waals surface area (Å²) in [6.45, 7) is 8.09. The minimum Gasteiger partial charge on any atom is -0.350 e. The Morgan fingerprint density at radius 2 is 2.05 bits per heavy atom. The normalized spacial score (nSPS) is 13.1. The van der Waals surface area contributed by atoms with Crippen LogP contribution in [-0.2, 0) is 11.2 Å². The third kappa shape index (κ3) is 6.91. The Hall–Kier alpha value is -1.42. The van der Waals surface area contributed by atoms with Gasteiger partial charge in [0.2, 0.25) is 5.91 Å². The molecule has 19 heavy (non-hydrogen) atoms. The molecule has 0 heterocycles. The highest BCUT2D eigenvalue weighted by molar-refractivity contribution is 5.78. The average Bonchev–Trinajstić information content (AvgIpc) is 2.24. The second-order valence-electron chi connectivity index (χ2n) is 5.91. The largest absolute Gasteiger partial charge is 0.350 e. The van der Waals surface area contributed by atoms with Crippen LogP contribution in [0.5, 0.6) is 0 Å². The first kappa shape index (κ1) is 15.6. The summed E-state index contributed by atoms with van der Waals surface area (Å²) >= 11 is 0. The molecule has 1 atom stereocenters. The number of benzene rings is 1. The van der Waals surface area contributed by atoms with Crippen LogP contribution in [0.1, 0.15) is 33.3 Å². The van der Waals surface area contributed by atoms with E-state index in [0.29, 0.717) is 6.42 Å². The second-order valence-corrected chi connectivity index (χ2v) is 5.91. The molecule has 0 aliphatic heterocycles. The van der Waals surface area contributed by atoms with Gasteiger partial charge in [-0.2, -0.15) is 0 Å². The standard InChI is InChI=1S/C15H23FN2O/c1-11(8-12-6-5-7-13(16)9-12)17-10-14(19)18-15(2,3)4/h5-7,9,11,17H,8,10H2,1-4H3,(H,18,19). The molecule has 1 aromatic rings. The van der Waals surface area contributed by atoms with Crippen molar-refractivity contribution in [3.63, 3.8) is 0 Å². The van der Waals surface area contributed by atoms with Crippen LogP contribution in [0.4, 0.5) is 4.39 Å². The molecule has 0 aromatic heterocycles. The fourth-order valence-corrected chi connectivity index (χ4v) is 1.82. The minimum atomic E-state index is -0.227. The molecule has 0 aliphatic carbocycles. The van der Waals surface area contributed by atoms with E-state index in [1.807, 2.05) is 33.8 Å². The zero-order valence-electron chi connectivity index (χ0n) is 12.1. The fraction of sp³-hybridized carbons (Fsp3) is 0.533. The van der Waals surface area contributed by atoms with Crippen molar-refractivity contribution >= 4 is 5.91 Å². The maximum absolute atomic E-state index is 13.0. The zero-order chi connectivity index (χ0) is 14.5. The van der Waals surface area contributed by atoms with E-state index < -0.39 is 0 Å². The third-order valence-electron chi connectivity index (χ3n) is 2.56. The number of nitrogens with one attached hydrogen (secondary N) is 2. The van der Waals surface area contributed by atoms with Crippen molar-refractivity contribution in [2.75, 3.05) is 6.54 Å². The van der Waals surface area contributed by atoms with Gasteiger partial charge in [0.25, 0.3) is 0 Å². The molecule has 1 aromatic carbocycles. The Kier molecular flexibility index (Phi) is 5.48. The Morgan fingerprint density at radius 1 is 1.37 bits per heavy atom. The lowest BCUT2D eigenvalue weighted by Gasteiger charge is -2.21. The quantitative estimate of drug-likeness (QED) is 0.858. The monoisotopic (exact) mass is 266 g/mol. The number of hydrogen-bond donors (Lipinski definition) is 2. The summed E-state index contributed by atoms with van der Waals surface area (Å²) in [4.78, 5) is 11.6. The van der Waals surface area contributed by atoms with Crippen molar-refractivity contribution in [1.82, 2.24) is 10.6 Å². The van der Waals surface area contributed by atoms with E-state index in [-0.39, 0.29) is 29.8 Å². The molecule has 0 radical (unpaired) electrons. The van der Waals surface area contributed by atoms with Crippen molar-refractivity contribution in [3.8, 4) is 0 Å². The van der Waals surface area contributed by atoms with Gasteiger partial charge in [0.1, 0.15) is 5.82 Å². The summed E-state index contributed by atoms with van der Waals surface area (Å²) in [5.41, 5.74) is 0.709.